The standard InChI is InChI=1S/C15H16BrN5O.ClH/c1-10(17-2)8-14-18-15(22-20-14)13-6-7-21(19-13)12-5-3-4-11(16)9-12;/h3-7,9-10,17H,8H2,1-2H3;1H. The molecule has 1 N–H and O–H groups in total. The molecule has 3 aromatic rings. The lowest BCUT2D eigenvalue weighted by Gasteiger charge is -2.04. The van der Waals surface area contributed by atoms with Gasteiger partial charge in [0.15, 0.2) is 11.5 Å². The summed E-state index contributed by atoms with van der Waals surface area (Å²) in [5.74, 6) is 1.11. The summed E-state index contributed by atoms with van der Waals surface area (Å²) in [6, 6.07) is 10.1. The molecular weight excluding hydrogens is 382 g/mol. The third-order valence-corrected chi connectivity index (χ3v) is 3.82. The number of rotatable bonds is 5. The first-order valence-electron chi connectivity index (χ1n) is 6.97. The van der Waals surface area contributed by atoms with E-state index in [2.05, 4.69) is 43.4 Å². The first-order chi connectivity index (χ1) is 10.7. The predicted molar refractivity (Wildman–Crippen MR) is 94.0 cm³/mol. The number of aromatic nitrogens is 4. The maximum Gasteiger partial charge on any atom is 0.278 e. The second-order valence-corrected chi connectivity index (χ2v) is 5.95. The molecule has 3 rings (SSSR count). The van der Waals surface area contributed by atoms with Gasteiger partial charge in [-0.2, -0.15) is 10.1 Å². The summed E-state index contributed by atoms with van der Waals surface area (Å²) in [5, 5.41) is 11.6. The number of hydrogen-bond donors (Lipinski definition) is 1. The molecule has 0 saturated heterocycles. The van der Waals surface area contributed by atoms with Crippen LogP contribution in [0.4, 0.5) is 0 Å². The molecule has 0 aliphatic rings. The summed E-state index contributed by atoms with van der Waals surface area (Å²) < 4.78 is 8.08. The Kier molecular flexibility index (Phi) is 5.92. The van der Waals surface area contributed by atoms with E-state index < -0.39 is 0 Å². The van der Waals surface area contributed by atoms with E-state index in [1.165, 1.54) is 0 Å². The fraction of sp³-hybridized carbons (Fsp3) is 0.267. The van der Waals surface area contributed by atoms with Crippen LogP contribution < -0.4 is 5.32 Å². The van der Waals surface area contributed by atoms with Gasteiger partial charge in [-0.25, -0.2) is 4.68 Å². The molecule has 0 saturated carbocycles. The highest BCUT2D eigenvalue weighted by atomic mass is 79.9. The van der Waals surface area contributed by atoms with Crippen molar-refractivity contribution in [1.29, 1.82) is 0 Å². The second kappa shape index (κ2) is 7.72. The van der Waals surface area contributed by atoms with Crippen molar-refractivity contribution in [2.45, 2.75) is 19.4 Å². The number of nitrogens with one attached hydrogen (secondary N) is 1. The predicted octanol–water partition coefficient (Wildman–Crippen LogP) is 3.26. The maximum atomic E-state index is 5.30. The fourth-order valence-corrected chi connectivity index (χ4v) is 2.40. The van der Waals surface area contributed by atoms with Crippen molar-refractivity contribution in [3.8, 4) is 17.3 Å². The zero-order valence-corrected chi connectivity index (χ0v) is 15.1. The molecule has 8 heteroatoms. The quantitative estimate of drug-likeness (QED) is 0.714. The van der Waals surface area contributed by atoms with Gasteiger partial charge >= 0.3 is 0 Å². The van der Waals surface area contributed by atoms with E-state index >= 15 is 0 Å². The van der Waals surface area contributed by atoms with Crippen molar-refractivity contribution >= 4 is 28.3 Å². The Morgan fingerprint density at radius 1 is 1.35 bits per heavy atom. The first kappa shape index (κ1) is 17.7. The van der Waals surface area contributed by atoms with Gasteiger partial charge in [0.05, 0.1) is 5.69 Å². The monoisotopic (exact) mass is 397 g/mol. The number of benzene rings is 1. The minimum atomic E-state index is 0. The largest absolute Gasteiger partial charge is 0.332 e. The average Bonchev–Trinajstić information content (AvgIpc) is 3.15. The van der Waals surface area contributed by atoms with Crippen LogP contribution in [-0.4, -0.2) is 33.0 Å². The van der Waals surface area contributed by atoms with Crippen molar-refractivity contribution in [2.75, 3.05) is 7.05 Å². The summed E-state index contributed by atoms with van der Waals surface area (Å²) >= 11 is 3.46. The minimum Gasteiger partial charge on any atom is -0.332 e. The van der Waals surface area contributed by atoms with E-state index in [1.807, 2.05) is 43.6 Å². The zero-order chi connectivity index (χ0) is 15.5. The van der Waals surface area contributed by atoms with Gasteiger partial charge in [-0.3, -0.25) is 0 Å². The highest BCUT2D eigenvalue weighted by Gasteiger charge is 2.13. The summed E-state index contributed by atoms with van der Waals surface area (Å²) in [7, 11) is 1.91. The van der Waals surface area contributed by atoms with Crippen LogP contribution >= 0.6 is 28.3 Å². The number of hydrogen-bond acceptors (Lipinski definition) is 5. The molecule has 0 fully saturated rings. The highest BCUT2D eigenvalue weighted by molar-refractivity contribution is 9.10. The van der Waals surface area contributed by atoms with E-state index in [-0.39, 0.29) is 12.4 Å². The van der Waals surface area contributed by atoms with Crippen LogP contribution in [0.15, 0.2) is 45.5 Å². The lowest BCUT2D eigenvalue weighted by atomic mass is 10.2. The van der Waals surface area contributed by atoms with Crippen molar-refractivity contribution < 1.29 is 4.52 Å². The Hall–Kier alpha value is -1.70. The zero-order valence-electron chi connectivity index (χ0n) is 12.7. The lowest BCUT2D eigenvalue weighted by molar-refractivity contribution is 0.417. The van der Waals surface area contributed by atoms with E-state index in [0.29, 0.717) is 29.9 Å². The maximum absolute atomic E-state index is 5.30. The SMILES string of the molecule is CNC(C)Cc1noc(-c2ccn(-c3cccc(Br)c3)n2)n1.Cl. The molecule has 0 amide bonds. The molecule has 1 unspecified atom stereocenters. The Morgan fingerprint density at radius 3 is 2.91 bits per heavy atom. The van der Waals surface area contributed by atoms with E-state index in [0.717, 1.165) is 10.2 Å². The van der Waals surface area contributed by atoms with Crippen LogP contribution in [0.25, 0.3) is 17.3 Å². The Labute approximate surface area is 148 Å². The number of nitrogens with zero attached hydrogens (tertiary/aromatic N) is 4. The van der Waals surface area contributed by atoms with Crippen LogP contribution in [0, 0.1) is 0 Å². The minimum absolute atomic E-state index is 0. The Bertz CT molecular complexity index is 773. The van der Waals surface area contributed by atoms with Crippen LogP contribution in [0.5, 0.6) is 0 Å². The topological polar surface area (TPSA) is 68.8 Å². The molecule has 1 atom stereocenters. The van der Waals surface area contributed by atoms with Gasteiger partial charge < -0.3 is 9.84 Å². The Morgan fingerprint density at radius 2 is 2.17 bits per heavy atom. The van der Waals surface area contributed by atoms with Gasteiger partial charge in [0, 0.05) is 23.1 Å². The van der Waals surface area contributed by atoms with Gasteiger partial charge in [0.2, 0.25) is 0 Å². The molecule has 122 valence electrons. The number of likely N-dealkylation sites (N-methyl/N-ethyl adjacent to an activating group) is 1. The molecule has 2 heterocycles. The molecule has 0 spiro atoms. The van der Waals surface area contributed by atoms with Gasteiger partial charge in [-0.15, -0.1) is 12.4 Å². The number of halogens is 2. The lowest BCUT2D eigenvalue weighted by Crippen LogP contribution is -2.24. The van der Waals surface area contributed by atoms with Crippen LogP contribution in [0.1, 0.15) is 12.7 Å². The summed E-state index contributed by atoms with van der Waals surface area (Å²) in [6.07, 6.45) is 2.59. The fourth-order valence-electron chi connectivity index (χ4n) is 2.02. The third-order valence-electron chi connectivity index (χ3n) is 3.33. The van der Waals surface area contributed by atoms with Crippen LogP contribution in [-0.2, 0) is 6.42 Å². The van der Waals surface area contributed by atoms with Gasteiger partial charge in [-0.1, -0.05) is 27.2 Å². The molecular formula is C15H17BrClN5O. The van der Waals surface area contributed by atoms with E-state index in [9.17, 15) is 0 Å². The Balaban J connectivity index is 0.00000192. The molecule has 6 nitrogen and oxygen atoms in total. The second-order valence-electron chi connectivity index (χ2n) is 5.04. The highest BCUT2D eigenvalue weighted by Crippen LogP contribution is 2.19. The van der Waals surface area contributed by atoms with Crippen LogP contribution in [0.2, 0.25) is 0 Å². The molecule has 2 aromatic heterocycles. The summed E-state index contributed by atoms with van der Waals surface area (Å²) in [4.78, 5) is 4.39. The smallest absolute Gasteiger partial charge is 0.278 e. The van der Waals surface area contributed by atoms with Crippen molar-refractivity contribution in [3.63, 3.8) is 0 Å². The van der Waals surface area contributed by atoms with Gasteiger partial charge in [0.1, 0.15) is 0 Å². The van der Waals surface area contributed by atoms with Gasteiger partial charge in [-0.05, 0) is 38.2 Å². The molecule has 1 aromatic carbocycles. The van der Waals surface area contributed by atoms with Crippen LogP contribution in [0.3, 0.4) is 0 Å². The molecule has 23 heavy (non-hydrogen) atoms. The molecule has 0 radical (unpaired) electrons. The van der Waals surface area contributed by atoms with Crippen molar-refractivity contribution in [1.82, 2.24) is 25.2 Å². The van der Waals surface area contributed by atoms with E-state index in [4.69, 9.17) is 4.52 Å². The molecule has 0 aliphatic carbocycles. The van der Waals surface area contributed by atoms with Gasteiger partial charge in [0.25, 0.3) is 5.89 Å². The summed E-state index contributed by atoms with van der Waals surface area (Å²) in [6.45, 7) is 2.07. The first-order valence-corrected chi connectivity index (χ1v) is 7.77. The average molecular weight is 399 g/mol. The third kappa shape index (κ3) is 4.19. The summed E-state index contributed by atoms with van der Waals surface area (Å²) in [5.41, 5.74) is 1.63. The van der Waals surface area contributed by atoms with Crippen molar-refractivity contribution in [2.24, 2.45) is 0 Å². The molecule has 0 aliphatic heterocycles. The van der Waals surface area contributed by atoms with E-state index in [1.54, 1.807) is 4.68 Å². The normalized spacial score (nSPS) is 12.0. The molecule has 0 bridgehead atoms. The van der Waals surface area contributed by atoms with Crippen molar-refractivity contribution in [3.05, 3.63) is 46.8 Å².